The Morgan fingerprint density at radius 1 is 1.36 bits per heavy atom. The number of hydrogen-bond acceptors (Lipinski definition) is 5. The maximum Gasteiger partial charge on any atom is 0.230 e. The van der Waals surface area contributed by atoms with Crippen molar-refractivity contribution in [3.05, 3.63) is 18.2 Å². The molecule has 0 radical (unpaired) electrons. The van der Waals surface area contributed by atoms with Gasteiger partial charge in [-0.25, -0.2) is 4.98 Å². The molecule has 1 amide bonds. The number of methoxy groups -OCH3 is 1. The van der Waals surface area contributed by atoms with Gasteiger partial charge in [0.2, 0.25) is 5.91 Å². The number of pyridine rings is 1. The summed E-state index contributed by atoms with van der Waals surface area (Å²) in [6.45, 7) is 3.88. The summed E-state index contributed by atoms with van der Waals surface area (Å²) >= 11 is 1.65. The van der Waals surface area contributed by atoms with Crippen LogP contribution in [0.5, 0.6) is 0 Å². The van der Waals surface area contributed by atoms with Crippen LogP contribution in [0.15, 0.2) is 23.2 Å². The van der Waals surface area contributed by atoms with Crippen molar-refractivity contribution in [2.24, 2.45) is 5.41 Å². The molecule has 0 aliphatic carbocycles. The summed E-state index contributed by atoms with van der Waals surface area (Å²) in [6.07, 6.45) is 3.92. The largest absolute Gasteiger partial charge is 0.383 e. The maximum absolute atomic E-state index is 12.8. The highest BCUT2D eigenvalue weighted by molar-refractivity contribution is 7.98. The van der Waals surface area contributed by atoms with Gasteiger partial charge in [-0.05, 0) is 31.2 Å². The van der Waals surface area contributed by atoms with Crippen LogP contribution in [-0.4, -0.2) is 61.9 Å². The summed E-state index contributed by atoms with van der Waals surface area (Å²) in [7, 11) is 1.68. The van der Waals surface area contributed by atoms with E-state index >= 15 is 0 Å². The Kier molecular flexibility index (Phi) is 4.59. The second-order valence-electron chi connectivity index (χ2n) is 6.03. The minimum atomic E-state index is -0.204. The average Bonchev–Trinajstić information content (AvgIpc) is 3.12. The number of amides is 1. The third-order valence-electron chi connectivity index (χ3n) is 4.76. The molecule has 5 nitrogen and oxygen atoms in total. The fourth-order valence-corrected chi connectivity index (χ4v) is 3.85. The molecule has 1 aromatic rings. The molecule has 22 heavy (non-hydrogen) atoms. The molecule has 6 heteroatoms. The first-order valence-corrected chi connectivity index (χ1v) is 8.95. The van der Waals surface area contributed by atoms with E-state index in [-0.39, 0.29) is 5.41 Å². The van der Waals surface area contributed by atoms with Crippen molar-refractivity contribution in [2.75, 3.05) is 51.1 Å². The Morgan fingerprint density at radius 3 is 2.95 bits per heavy atom. The smallest absolute Gasteiger partial charge is 0.230 e. The summed E-state index contributed by atoms with van der Waals surface area (Å²) in [5, 5.41) is 1.03. The number of thioether (sulfide) groups is 1. The maximum atomic E-state index is 12.8. The van der Waals surface area contributed by atoms with Crippen molar-refractivity contribution >= 4 is 23.5 Å². The van der Waals surface area contributed by atoms with Gasteiger partial charge in [-0.3, -0.25) is 4.79 Å². The van der Waals surface area contributed by atoms with Gasteiger partial charge in [0.1, 0.15) is 5.82 Å². The molecule has 1 spiro atoms. The summed E-state index contributed by atoms with van der Waals surface area (Å²) in [6, 6.07) is 6.11. The molecular weight excluding hydrogens is 298 g/mol. The molecule has 0 N–H and O–H groups in total. The second-order valence-corrected chi connectivity index (χ2v) is 6.85. The zero-order chi connectivity index (χ0) is 15.6. The standard InChI is InChI=1S/C16H23N3O2S/c1-21-11-10-18-8-6-16(15(18)20)7-9-19(12-16)13-4-3-5-14(17-13)22-2/h3-5H,6-12H2,1-2H3. The molecule has 0 saturated carbocycles. The number of hydrogen-bond donors (Lipinski definition) is 0. The number of likely N-dealkylation sites (tertiary alicyclic amines) is 1. The average molecular weight is 321 g/mol. The van der Waals surface area contributed by atoms with Gasteiger partial charge < -0.3 is 14.5 Å². The number of carbonyl (C=O) groups is 1. The molecule has 1 aromatic heterocycles. The van der Waals surface area contributed by atoms with Gasteiger partial charge in [0.05, 0.1) is 17.0 Å². The molecule has 0 bridgehead atoms. The van der Waals surface area contributed by atoms with Crippen LogP contribution < -0.4 is 4.90 Å². The molecule has 2 aliphatic rings. The van der Waals surface area contributed by atoms with Crippen LogP contribution in [0, 0.1) is 5.41 Å². The lowest BCUT2D eigenvalue weighted by Gasteiger charge is -2.24. The lowest BCUT2D eigenvalue weighted by molar-refractivity contribution is -0.135. The van der Waals surface area contributed by atoms with E-state index in [1.807, 2.05) is 29.4 Å². The lowest BCUT2D eigenvalue weighted by Crippen LogP contribution is -2.38. The fourth-order valence-electron chi connectivity index (χ4n) is 3.45. The van der Waals surface area contributed by atoms with Crippen LogP contribution in [0.3, 0.4) is 0 Å². The minimum Gasteiger partial charge on any atom is -0.383 e. The van der Waals surface area contributed by atoms with Crippen molar-refractivity contribution < 1.29 is 9.53 Å². The van der Waals surface area contributed by atoms with Crippen molar-refractivity contribution in [3.8, 4) is 0 Å². The predicted molar refractivity (Wildman–Crippen MR) is 88.4 cm³/mol. The summed E-state index contributed by atoms with van der Waals surface area (Å²) in [4.78, 5) is 21.6. The monoisotopic (exact) mass is 321 g/mol. The third kappa shape index (κ3) is 2.82. The molecule has 2 fully saturated rings. The highest BCUT2D eigenvalue weighted by Gasteiger charge is 2.50. The Balaban J connectivity index is 1.70. The van der Waals surface area contributed by atoms with Crippen LogP contribution in [0.25, 0.3) is 0 Å². The van der Waals surface area contributed by atoms with Gasteiger partial charge in [-0.1, -0.05) is 6.07 Å². The van der Waals surface area contributed by atoms with E-state index in [1.165, 1.54) is 0 Å². The van der Waals surface area contributed by atoms with Gasteiger partial charge >= 0.3 is 0 Å². The molecule has 2 saturated heterocycles. The summed E-state index contributed by atoms with van der Waals surface area (Å²) in [5.74, 6) is 1.29. The number of nitrogens with zero attached hydrogens (tertiary/aromatic N) is 3. The van der Waals surface area contributed by atoms with Gasteiger partial charge in [0.15, 0.2) is 0 Å². The Morgan fingerprint density at radius 2 is 2.18 bits per heavy atom. The topological polar surface area (TPSA) is 45.7 Å². The Hall–Kier alpha value is -1.27. The van der Waals surface area contributed by atoms with Crippen LogP contribution in [-0.2, 0) is 9.53 Å². The lowest BCUT2D eigenvalue weighted by atomic mass is 9.85. The van der Waals surface area contributed by atoms with E-state index < -0.39 is 0 Å². The van der Waals surface area contributed by atoms with Crippen molar-refractivity contribution in [3.63, 3.8) is 0 Å². The first-order valence-electron chi connectivity index (χ1n) is 7.73. The zero-order valence-electron chi connectivity index (χ0n) is 13.2. The second kappa shape index (κ2) is 6.46. The van der Waals surface area contributed by atoms with Crippen molar-refractivity contribution in [1.29, 1.82) is 0 Å². The molecule has 3 rings (SSSR count). The van der Waals surface area contributed by atoms with Gasteiger partial charge in [0, 0.05) is 33.3 Å². The van der Waals surface area contributed by atoms with E-state index in [0.29, 0.717) is 19.1 Å². The third-order valence-corrected chi connectivity index (χ3v) is 5.41. The molecule has 2 aliphatic heterocycles. The first-order chi connectivity index (χ1) is 10.7. The molecule has 3 heterocycles. The number of aromatic nitrogens is 1. The van der Waals surface area contributed by atoms with E-state index in [0.717, 1.165) is 43.3 Å². The van der Waals surface area contributed by atoms with Crippen LogP contribution in [0.1, 0.15) is 12.8 Å². The zero-order valence-corrected chi connectivity index (χ0v) is 14.1. The van der Waals surface area contributed by atoms with E-state index in [2.05, 4.69) is 9.88 Å². The van der Waals surface area contributed by atoms with Crippen LogP contribution in [0.2, 0.25) is 0 Å². The quantitative estimate of drug-likeness (QED) is 0.775. The highest BCUT2D eigenvalue weighted by Crippen LogP contribution is 2.41. The molecule has 0 aromatic carbocycles. The molecule has 120 valence electrons. The Bertz CT molecular complexity index is 554. The van der Waals surface area contributed by atoms with Gasteiger partial charge in [-0.2, -0.15) is 0 Å². The summed E-state index contributed by atoms with van der Waals surface area (Å²) in [5.41, 5.74) is -0.204. The van der Waals surface area contributed by atoms with E-state index in [1.54, 1.807) is 18.9 Å². The molecule has 1 atom stereocenters. The SMILES string of the molecule is COCCN1CCC2(CCN(c3cccc(SC)n3)C2)C1=O. The Labute approximate surface area is 136 Å². The number of ether oxygens (including phenoxy) is 1. The number of anilines is 1. The molecule has 1 unspecified atom stereocenters. The minimum absolute atomic E-state index is 0.204. The van der Waals surface area contributed by atoms with Crippen molar-refractivity contribution in [2.45, 2.75) is 17.9 Å². The normalized spacial score (nSPS) is 24.7. The van der Waals surface area contributed by atoms with Crippen molar-refractivity contribution in [1.82, 2.24) is 9.88 Å². The summed E-state index contributed by atoms with van der Waals surface area (Å²) < 4.78 is 5.10. The first kappa shape index (κ1) is 15.6. The van der Waals surface area contributed by atoms with Gasteiger partial charge in [0.25, 0.3) is 0 Å². The predicted octanol–water partition coefficient (Wildman–Crippen LogP) is 1.88. The molecular formula is C16H23N3O2S. The highest BCUT2D eigenvalue weighted by atomic mass is 32.2. The number of rotatable bonds is 5. The van der Waals surface area contributed by atoms with Crippen LogP contribution >= 0.6 is 11.8 Å². The van der Waals surface area contributed by atoms with E-state index in [4.69, 9.17) is 4.74 Å². The van der Waals surface area contributed by atoms with Gasteiger partial charge in [-0.15, -0.1) is 11.8 Å². The van der Waals surface area contributed by atoms with Crippen LogP contribution in [0.4, 0.5) is 5.82 Å². The fraction of sp³-hybridized carbons (Fsp3) is 0.625. The van der Waals surface area contributed by atoms with E-state index in [9.17, 15) is 4.79 Å². The number of carbonyl (C=O) groups excluding carboxylic acids is 1.